The van der Waals surface area contributed by atoms with Crippen LogP contribution in [0, 0.1) is 0 Å². The molecule has 0 aliphatic carbocycles. The molecule has 1 radical (unpaired) electrons. The molecule has 0 bridgehead atoms. The van der Waals surface area contributed by atoms with Gasteiger partial charge in [-0.2, -0.15) is 0 Å². The molecule has 2 heteroatoms. The van der Waals surface area contributed by atoms with Crippen LogP contribution in [0.2, 0.25) is 0 Å². The van der Waals surface area contributed by atoms with E-state index in [1.807, 2.05) is 0 Å². The van der Waals surface area contributed by atoms with Crippen molar-refractivity contribution in [3.05, 3.63) is 0 Å². The van der Waals surface area contributed by atoms with Crippen molar-refractivity contribution in [2.75, 3.05) is 0 Å². The molecule has 1 unspecified atom stereocenters. The second-order valence-electron chi connectivity index (χ2n) is 2.79. The summed E-state index contributed by atoms with van der Waals surface area (Å²) in [6, 6.07) is 0. The van der Waals surface area contributed by atoms with Gasteiger partial charge in [0.2, 0.25) is 6.29 Å². The Kier molecular flexibility index (Phi) is 7.42. The lowest BCUT2D eigenvalue weighted by atomic mass is 10.1. The molecule has 0 spiro atoms. The zero-order valence-electron chi connectivity index (χ0n) is 7.11. The van der Waals surface area contributed by atoms with E-state index < -0.39 is 6.17 Å². The Morgan fingerprint density at radius 2 is 1.91 bits per heavy atom. The molecular formula is C9H16FO. The van der Waals surface area contributed by atoms with Gasteiger partial charge in [-0.3, -0.25) is 4.79 Å². The summed E-state index contributed by atoms with van der Waals surface area (Å²) in [6.45, 7) is 2.14. The predicted molar refractivity (Wildman–Crippen MR) is 44.0 cm³/mol. The Bertz CT molecular complexity index is 93.6. The number of halogens is 1. The molecular weight excluding hydrogens is 143 g/mol. The minimum atomic E-state index is -1.35. The lowest BCUT2D eigenvalue weighted by Crippen LogP contribution is -1.99. The van der Waals surface area contributed by atoms with E-state index in [9.17, 15) is 9.18 Å². The summed E-state index contributed by atoms with van der Waals surface area (Å²) < 4.78 is 12.2. The second kappa shape index (κ2) is 7.70. The van der Waals surface area contributed by atoms with E-state index in [2.05, 4.69) is 6.92 Å². The van der Waals surface area contributed by atoms with Crippen molar-refractivity contribution in [3.8, 4) is 0 Å². The van der Waals surface area contributed by atoms with Crippen LogP contribution in [0.5, 0.6) is 0 Å². The van der Waals surface area contributed by atoms with Crippen molar-refractivity contribution in [3.63, 3.8) is 0 Å². The quantitative estimate of drug-likeness (QED) is 0.522. The van der Waals surface area contributed by atoms with Crippen molar-refractivity contribution in [1.29, 1.82) is 0 Å². The summed E-state index contributed by atoms with van der Waals surface area (Å²) >= 11 is 0. The van der Waals surface area contributed by atoms with Gasteiger partial charge in [-0.15, -0.1) is 0 Å². The molecule has 1 nitrogen and oxygen atoms in total. The highest BCUT2D eigenvalue weighted by atomic mass is 19.1. The summed E-state index contributed by atoms with van der Waals surface area (Å²) in [6.07, 6.45) is 5.75. The smallest absolute Gasteiger partial charge is 0.235 e. The summed E-state index contributed by atoms with van der Waals surface area (Å²) in [5, 5.41) is 0. The molecule has 0 saturated heterocycles. The van der Waals surface area contributed by atoms with Crippen molar-refractivity contribution in [2.45, 2.75) is 51.6 Å². The van der Waals surface area contributed by atoms with Gasteiger partial charge in [0, 0.05) is 0 Å². The molecule has 65 valence electrons. The molecule has 0 amide bonds. The highest BCUT2D eigenvalue weighted by molar-refractivity contribution is 5.56. The SMILES string of the molecule is CCCCCCCC(F)[C]=O. The maximum Gasteiger partial charge on any atom is 0.235 e. The molecule has 0 heterocycles. The Morgan fingerprint density at radius 1 is 1.27 bits per heavy atom. The van der Waals surface area contributed by atoms with E-state index in [1.54, 1.807) is 0 Å². The maximum absolute atomic E-state index is 12.2. The minimum absolute atomic E-state index is 0.354. The van der Waals surface area contributed by atoms with E-state index in [-0.39, 0.29) is 0 Å². The molecule has 0 aromatic rings. The zero-order chi connectivity index (χ0) is 8.53. The number of alkyl halides is 1. The van der Waals surface area contributed by atoms with Crippen LogP contribution in [0.3, 0.4) is 0 Å². The summed E-state index contributed by atoms with van der Waals surface area (Å²) in [7, 11) is 0. The first-order chi connectivity index (χ1) is 5.31. The van der Waals surface area contributed by atoms with Crippen molar-refractivity contribution < 1.29 is 9.18 Å². The third-order valence-electron chi connectivity index (χ3n) is 1.69. The van der Waals surface area contributed by atoms with Crippen LogP contribution < -0.4 is 0 Å². The first-order valence-corrected chi connectivity index (χ1v) is 4.33. The van der Waals surface area contributed by atoms with E-state index in [0.29, 0.717) is 6.42 Å². The molecule has 0 aliphatic rings. The fourth-order valence-corrected chi connectivity index (χ4v) is 0.986. The fraction of sp³-hybridized carbons (Fsp3) is 0.889. The van der Waals surface area contributed by atoms with Crippen LogP contribution >= 0.6 is 0 Å². The van der Waals surface area contributed by atoms with Gasteiger partial charge in [0.1, 0.15) is 0 Å². The monoisotopic (exact) mass is 159 g/mol. The van der Waals surface area contributed by atoms with Gasteiger partial charge in [0.05, 0.1) is 0 Å². The molecule has 1 atom stereocenters. The Hall–Kier alpha value is -0.400. The molecule has 0 rings (SSSR count). The topological polar surface area (TPSA) is 17.1 Å². The normalized spacial score (nSPS) is 12.9. The van der Waals surface area contributed by atoms with Gasteiger partial charge >= 0.3 is 0 Å². The van der Waals surface area contributed by atoms with Crippen molar-refractivity contribution >= 4 is 6.29 Å². The standard InChI is InChI=1S/C9H16FO/c1-2-3-4-5-6-7-9(10)8-11/h9H,2-7H2,1H3. The summed E-state index contributed by atoms with van der Waals surface area (Å²) in [4.78, 5) is 9.72. The minimum Gasteiger partial charge on any atom is -0.287 e. The third kappa shape index (κ3) is 7.50. The van der Waals surface area contributed by atoms with Crippen LogP contribution in [0.4, 0.5) is 4.39 Å². The summed E-state index contributed by atoms with van der Waals surface area (Å²) in [5.74, 6) is 0. The highest BCUT2D eigenvalue weighted by Crippen LogP contribution is 2.07. The van der Waals surface area contributed by atoms with Gasteiger partial charge in [-0.1, -0.05) is 39.0 Å². The van der Waals surface area contributed by atoms with Gasteiger partial charge in [-0.25, -0.2) is 4.39 Å². The third-order valence-corrected chi connectivity index (χ3v) is 1.69. The van der Waals surface area contributed by atoms with Crippen molar-refractivity contribution in [2.24, 2.45) is 0 Å². The number of carbonyl (C=O) groups excluding carboxylic acids is 1. The Balaban J connectivity index is 2.95. The number of unbranched alkanes of at least 4 members (excludes halogenated alkanes) is 4. The van der Waals surface area contributed by atoms with Gasteiger partial charge in [0.15, 0.2) is 6.17 Å². The maximum atomic E-state index is 12.2. The zero-order valence-corrected chi connectivity index (χ0v) is 7.11. The van der Waals surface area contributed by atoms with Crippen LogP contribution in [-0.4, -0.2) is 12.5 Å². The number of hydrogen-bond donors (Lipinski definition) is 0. The van der Waals surface area contributed by atoms with Crippen molar-refractivity contribution in [1.82, 2.24) is 0 Å². The largest absolute Gasteiger partial charge is 0.287 e. The van der Waals surface area contributed by atoms with E-state index in [0.717, 1.165) is 19.3 Å². The average Bonchev–Trinajstić information content (AvgIpc) is 2.04. The molecule has 0 fully saturated rings. The molecule has 0 aromatic carbocycles. The highest BCUT2D eigenvalue weighted by Gasteiger charge is 2.03. The molecule has 0 N–H and O–H groups in total. The lowest BCUT2D eigenvalue weighted by molar-refractivity contribution is 0.367. The molecule has 0 saturated carbocycles. The van der Waals surface area contributed by atoms with Crippen LogP contribution in [0.1, 0.15) is 45.4 Å². The second-order valence-corrected chi connectivity index (χ2v) is 2.79. The fourth-order valence-electron chi connectivity index (χ4n) is 0.986. The first kappa shape index (κ1) is 10.6. The van der Waals surface area contributed by atoms with Crippen LogP contribution in [0.25, 0.3) is 0 Å². The van der Waals surface area contributed by atoms with Gasteiger partial charge in [-0.05, 0) is 6.42 Å². The van der Waals surface area contributed by atoms with E-state index in [4.69, 9.17) is 0 Å². The van der Waals surface area contributed by atoms with E-state index >= 15 is 0 Å². The number of hydrogen-bond acceptors (Lipinski definition) is 1. The average molecular weight is 159 g/mol. The van der Waals surface area contributed by atoms with Gasteiger partial charge < -0.3 is 0 Å². The first-order valence-electron chi connectivity index (χ1n) is 4.33. The Labute approximate surface area is 68.0 Å². The van der Waals surface area contributed by atoms with Gasteiger partial charge in [0.25, 0.3) is 0 Å². The molecule has 0 aromatic heterocycles. The Morgan fingerprint density at radius 3 is 2.45 bits per heavy atom. The summed E-state index contributed by atoms with van der Waals surface area (Å²) in [5.41, 5.74) is 0. The molecule has 0 aliphatic heterocycles. The predicted octanol–water partition coefficient (Wildman–Crippen LogP) is 2.79. The number of rotatable bonds is 7. The lowest BCUT2D eigenvalue weighted by Gasteiger charge is -1.99. The van der Waals surface area contributed by atoms with Crippen LogP contribution in [0.15, 0.2) is 0 Å². The van der Waals surface area contributed by atoms with Crippen LogP contribution in [-0.2, 0) is 4.79 Å². The molecule has 11 heavy (non-hydrogen) atoms. The van der Waals surface area contributed by atoms with E-state index in [1.165, 1.54) is 19.1 Å².